The molecule has 0 radical (unpaired) electrons. The minimum atomic E-state index is -2.54. The van der Waals surface area contributed by atoms with Crippen molar-refractivity contribution in [2.75, 3.05) is 18.8 Å². The molecule has 5 nitrogen and oxygen atoms in total. The van der Waals surface area contributed by atoms with Gasteiger partial charge in [0.05, 0.1) is 15.0 Å². The normalized spacial score (nSPS) is 27.0. The highest BCUT2D eigenvalue weighted by Crippen LogP contribution is 2.14. The quantitative estimate of drug-likeness (QED) is 0.902. The van der Waals surface area contributed by atoms with Gasteiger partial charge in [-0.2, -0.15) is 0 Å². The van der Waals surface area contributed by atoms with Gasteiger partial charge < -0.3 is 9.64 Å². The van der Waals surface area contributed by atoms with Crippen LogP contribution in [0.15, 0.2) is 30.3 Å². The fourth-order valence-electron chi connectivity index (χ4n) is 1.95. The maximum absolute atomic E-state index is 11.9. The van der Waals surface area contributed by atoms with E-state index in [1.807, 2.05) is 30.3 Å². The van der Waals surface area contributed by atoms with Gasteiger partial charge in [-0.1, -0.05) is 30.3 Å². The van der Waals surface area contributed by atoms with Gasteiger partial charge in [0.15, 0.2) is 0 Å². The summed E-state index contributed by atoms with van der Waals surface area (Å²) in [6, 6.07) is 9.47. The molecule has 19 heavy (non-hydrogen) atoms. The third kappa shape index (κ3) is 3.47. The fourth-order valence-corrected chi connectivity index (χ4v) is 3.26. The van der Waals surface area contributed by atoms with Crippen LogP contribution >= 0.6 is 0 Å². The number of ether oxygens (including phenoxy) is 1. The standard InChI is InChI=1S/C13H18N2O3S/c1-11-9-15(7-8-19(11,14)17)13(16)18-10-12-5-3-2-4-6-12/h2-6,11,14H,7-10H2,1H3. The van der Waals surface area contributed by atoms with Crippen molar-refractivity contribution in [1.29, 1.82) is 4.78 Å². The van der Waals surface area contributed by atoms with E-state index >= 15 is 0 Å². The molecule has 1 saturated heterocycles. The smallest absolute Gasteiger partial charge is 0.410 e. The van der Waals surface area contributed by atoms with Crippen LogP contribution in [-0.4, -0.2) is 39.3 Å². The van der Waals surface area contributed by atoms with Crippen molar-refractivity contribution >= 4 is 15.8 Å². The first-order valence-corrected chi connectivity index (χ1v) is 7.99. The van der Waals surface area contributed by atoms with E-state index in [1.54, 1.807) is 6.92 Å². The van der Waals surface area contributed by atoms with E-state index in [2.05, 4.69) is 0 Å². The molecule has 1 aromatic carbocycles. The summed E-state index contributed by atoms with van der Waals surface area (Å²) in [6.45, 7) is 2.64. The lowest BCUT2D eigenvalue weighted by molar-refractivity contribution is 0.0973. The average molecular weight is 282 g/mol. The number of amides is 1. The molecule has 2 atom stereocenters. The van der Waals surface area contributed by atoms with Gasteiger partial charge in [0.25, 0.3) is 0 Å². The molecule has 0 bridgehead atoms. The maximum Gasteiger partial charge on any atom is 0.410 e. The zero-order valence-corrected chi connectivity index (χ0v) is 11.7. The van der Waals surface area contributed by atoms with Gasteiger partial charge in [-0.25, -0.2) is 9.00 Å². The zero-order valence-electron chi connectivity index (χ0n) is 10.9. The molecule has 1 N–H and O–H groups in total. The van der Waals surface area contributed by atoms with Crippen molar-refractivity contribution in [1.82, 2.24) is 4.90 Å². The molecular weight excluding hydrogens is 264 g/mol. The number of nitrogens with one attached hydrogen (secondary N) is 1. The highest BCUT2D eigenvalue weighted by Gasteiger charge is 2.29. The van der Waals surface area contributed by atoms with Crippen LogP contribution < -0.4 is 0 Å². The Hall–Kier alpha value is -1.56. The third-order valence-corrected chi connectivity index (χ3v) is 5.49. The van der Waals surface area contributed by atoms with Crippen LogP contribution in [-0.2, 0) is 21.1 Å². The van der Waals surface area contributed by atoms with Crippen LogP contribution in [0.25, 0.3) is 0 Å². The van der Waals surface area contributed by atoms with Crippen molar-refractivity contribution in [3.05, 3.63) is 35.9 Å². The molecule has 1 aromatic rings. The Labute approximate surface area is 113 Å². The summed E-state index contributed by atoms with van der Waals surface area (Å²) >= 11 is 0. The van der Waals surface area contributed by atoms with Gasteiger partial charge in [0.1, 0.15) is 6.61 Å². The summed E-state index contributed by atoms with van der Waals surface area (Å²) in [5.74, 6) is 0.231. The van der Waals surface area contributed by atoms with E-state index in [-0.39, 0.29) is 17.6 Å². The van der Waals surface area contributed by atoms with Crippen molar-refractivity contribution < 1.29 is 13.7 Å². The minimum absolute atomic E-state index is 0.231. The second-order valence-electron chi connectivity index (χ2n) is 4.73. The molecule has 0 spiro atoms. The van der Waals surface area contributed by atoms with Gasteiger partial charge in [-0.15, -0.1) is 0 Å². The van der Waals surface area contributed by atoms with Crippen LogP contribution in [0, 0.1) is 4.78 Å². The SMILES string of the molecule is CC1CN(C(=O)OCc2ccccc2)CCS1(=N)=O. The lowest BCUT2D eigenvalue weighted by Gasteiger charge is -2.31. The van der Waals surface area contributed by atoms with Crippen LogP contribution in [0.2, 0.25) is 0 Å². The van der Waals surface area contributed by atoms with Crippen molar-refractivity contribution in [3.63, 3.8) is 0 Å². The highest BCUT2D eigenvalue weighted by molar-refractivity contribution is 7.93. The zero-order chi connectivity index (χ0) is 13.9. The second-order valence-corrected chi connectivity index (χ2v) is 7.39. The highest BCUT2D eigenvalue weighted by atomic mass is 32.2. The van der Waals surface area contributed by atoms with Crippen molar-refractivity contribution in [2.45, 2.75) is 18.8 Å². The monoisotopic (exact) mass is 282 g/mol. The summed E-state index contributed by atoms with van der Waals surface area (Å²) < 4.78 is 24.6. The summed E-state index contributed by atoms with van der Waals surface area (Å²) in [6.07, 6.45) is -0.398. The summed E-state index contributed by atoms with van der Waals surface area (Å²) in [5.41, 5.74) is 0.935. The van der Waals surface area contributed by atoms with Crippen LogP contribution in [0.4, 0.5) is 4.79 Å². The number of hydrogen-bond donors (Lipinski definition) is 1. The van der Waals surface area contributed by atoms with Crippen LogP contribution in [0.5, 0.6) is 0 Å². The Morgan fingerprint density at radius 2 is 2.16 bits per heavy atom. The first-order valence-electron chi connectivity index (χ1n) is 6.20. The van der Waals surface area contributed by atoms with Crippen LogP contribution in [0.1, 0.15) is 12.5 Å². The predicted molar refractivity (Wildman–Crippen MR) is 73.4 cm³/mol. The molecule has 0 aromatic heterocycles. The predicted octanol–water partition coefficient (Wildman–Crippen LogP) is 2.07. The summed E-state index contributed by atoms with van der Waals surface area (Å²) in [4.78, 5) is 13.4. The molecule has 2 rings (SSSR count). The Morgan fingerprint density at radius 1 is 1.47 bits per heavy atom. The topological polar surface area (TPSA) is 70.5 Å². The molecule has 2 unspecified atom stereocenters. The first kappa shape index (κ1) is 13.9. The second kappa shape index (κ2) is 5.61. The molecule has 1 amide bonds. The lowest BCUT2D eigenvalue weighted by atomic mass is 10.2. The molecule has 104 valence electrons. The van der Waals surface area contributed by atoms with E-state index in [1.165, 1.54) is 4.90 Å². The van der Waals surface area contributed by atoms with E-state index in [9.17, 15) is 9.00 Å². The summed E-state index contributed by atoms with van der Waals surface area (Å²) in [7, 11) is -2.54. The molecule has 0 saturated carbocycles. The number of hydrogen-bond acceptors (Lipinski definition) is 4. The van der Waals surface area contributed by atoms with E-state index in [4.69, 9.17) is 9.52 Å². The number of carbonyl (C=O) groups excluding carboxylic acids is 1. The molecule has 1 fully saturated rings. The maximum atomic E-state index is 11.9. The Morgan fingerprint density at radius 3 is 2.79 bits per heavy atom. The van der Waals surface area contributed by atoms with Gasteiger partial charge >= 0.3 is 6.09 Å². The van der Waals surface area contributed by atoms with E-state index < -0.39 is 15.8 Å². The first-order chi connectivity index (χ1) is 8.99. The Kier molecular flexibility index (Phi) is 4.09. The molecule has 1 heterocycles. The van der Waals surface area contributed by atoms with Crippen molar-refractivity contribution in [2.24, 2.45) is 0 Å². The van der Waals surface area contributed by atoms with Gasteiger partial charge in [0.2, 0.25) is 0 Å². The summed E-state index contributed by atoms with van der Waals surface area (Å²) in [5, 5.41) is -0.300. The van der Waals surface area contributed by atoms with E-state index in [0.717, 1.165) is 5.56 Å². The third-order valence-electron chi connectivity index (χ3n) is 3.26. The largest absolute Gasteiger partial charge is 0.445 e. The average Bonchev–Trinajstić information content (AvgIpc) is 2.40. The Bertz CT molecular complexity index is 542. The van der Waals surface area contributed by atoms with Gasteiger partial charge in [-0.3, -0.25) is 4.78 Å². The Balaban J connectivity index is 1.88. The van der Waals surface area contributed by atoms with Crippen molar-refractivity contribution in [3.8, 4) is 0 Å². The number of nitrogens with zero attached hydrogens (tertiary/aromatic N) is 1. The molecule has 1 aliphatic rings. The fraction of sp³-hybridized carbons (Fsp3) is 0.462. The molecule has 1 aliphatic heterocycles. The van der Waals surface area contributed by atoms with E-state index in [0.29, 0.717) is 13.1 Å². The van der Waals surface area contributed by atoms with Gasteiger partial charge in [0, 0.05) is 18.8 Å². The molecular formula is C13H18N2O3S. The van der Waals surface area contributed by atoms with Gasteiger partial charge in [-0.05, 0) is 12.5 Å². The lowest BCUT2D eigenvalue weighted by Crippen LogP contribution is -2.47. The molecule has 6 heteroatoms. The number of carbonyl (C=O) groups is 1. The van der Waals surface area contributed by atoms with Crippen LogP contribution in [0.3, 0.4) is 0 Å². The number of rotatable bonds is 2. The number of benzene rings is 1. The molecule has 0 aliphatic carbocycles. The minimum Gasteiger partial charge on any atom is -0.445 e.